The van der Waals surface area contributed by atoms with E-state index in [0.29, 0.717) is 32.0 Å². The zero-order chi connectivity index (χ0) is 18.1. The number of halogens is 1. The van der Waals surface area contributed by atoms with Crippen molar-refractivity contribution >= 4 is 24.3 Å². The van der Waals surface area contributed by atoms with E-state index >= 15 is 0 Å². The van der Waals surface area contributed by atoms with Gasteiger partial charge in [0.05, 0.1) is 0 Å². The highest BCUT2D eigenvalue weighted by molar-refractivity contribution is 5.85. The van der Waals surface area contributed by atoms with Gasteiger partial charge in [-0.05, 0) is 30.9 Å². The summed E-state index contributed by atoms with van der Waals surface area (Å²) in [6, 6.07) is 9.82. The second-order valence-electron chi connectivity index (χ2n) is 6.78. The Morgan fingerprint density at radius 1 is 1.19 bits per heavy atom. The van der Waals surface area contributed by atoms with Crippen LogP contribution in [0.2, 0.25) is 0 Å². The summed E-state index contributed by atoms with van der Waals surface area (Å²) in [6.45, 7) is 1.49. The maximum absolute atomic E-state index is 12.1. The molecule has 2 atom stereocenters. The average molecular weight is 383 g/mol. The minimum absolute atomic E-state index is 0. The number of hydrogen-bond donors (Lipinski definition) is 3. The molecule has 7 heteroatoms. The summed E-state index contributed by atoms with van der Waals surface area (Å²) < 4.78 is 0. The quantitative estimate of drug-likeness (QED) is 0.676. The van der Waals surface area contributed by atoms with Crippen LogP contribution < -0.4 is 16.4 Å². The summed E-state index contributed by atoms with van der Waals surface area (Å²) in [5.74, 6) is 0.362. The molecule has 1 fully saturated rings. The van der Waals surface area contributed by atoms with Crippen LogP contribution in [0.15, 0.2) is 30.3 Å². The first-order chi connectivity index (χ1) is 12.1. The summed E-state index contributed by atoms with van der Waals surface area (Å²) >= 11 is 0. The smallest absolute Gasteiger partial charge is 0.317 e. The van der Waals surface area contributed by atoms with Gasteiger partial charge in [-0.2, -0.15) is 0 Å². The summed E-state index contributed by atoms with van der Waals surface area (Å²) in [7, 11) is 1.75. The molecule has 0 aliphatic heterocycles. The first kappa shape index (κ1) is 22.3. The van der Waals surface area contributed by atoms with Crippen molar-refractivity contribution in [2.24, 2.45) is 11.7 Å². The highest BCUT2D eigenvalue weighted by atomic mass is 35.5. The average Bonchev–Trinajstić information content (AvgIpc) is 2.63. The largest absolute Gasteiger partial charge is 0.353 e. The fourth-order valence-electron chi connectivity index (χ4n) is 3.31. The topological polar surface area (TPSA) is 87.5 Å². The van der Waals surface area contributed by atoms with Crippen LogP contribution in [0.25, 0.3) is 0 Å². The van der Waals surface area contributed by atoms with E-state index in [-0.39, 0.29) is 30.4 Å². The van der Waals surface area contributed by atoms with Crippen LogP contribution in [-0.2, 0) is 11.3 Å². The van der Waals surface area contributed by atoms with Crippen molar-refractivity contribution in [2.75, 3.05) is 20.1 Å². The zero-order valence-electron chi connectivity index (χ0n) is 15.4. The molecule has 3 amide bonds. The SMILES string of the molecule is CN(Cc1ccccc1)C(=O)NCCC(=O)NC1CCCCC1CN.Cl. The van der Waals surface area contributed by atoms with Gasteiger partial charge < -0.3 is 21.3 Å². The van der Waals surface area contributed by atoms with Gasteiger partial charge in [0.2, 0.25) is 5.91 Å². The maximum Gasteiger partial charge on any atom is 0.317 e. The van der Waals surface area contributed by atoms with Crippen molar-refractivity contribution in [3.63, 3.8) is 0 Å². The van der Waals surface area contributed by atoms with Gasteiger partial charge in [-0.25, -0.2) is 4.79 Å². The Morgan fingerprint density at radius 3 is 2.58 bits per heavy atom. The molecule has 0 aromatic heterocycles. The standard InChI is InChI=1S/C19H30N4O2.ClH/c1-23(14-15-7-3-2-4-8-15)19(25)21-12-11-18(24)22-17-10-6-5-9-16(17)13-20;/h2-4,7-8,16-17H,5-6,9-14,20H2,1H3,(H,21,25)(H,22,24);1H. The monoisotopic (exact) mass is 382 g/mol. The second kappa shape index (κ2) is 11.8. The number of amides is 3. The molecule has 0 heterocycles. The maximum atomic E-state index is 12.1. The van der Waals surface area contributed by atoms with Crippen LogP contribution in [0.5, 0.6) is 0 Å². The van der Waals surface area contributed by atoms with Crippen LogP contribution in [0.3, 0.4) is 0 Å². The van der Waals surface area contributed by atoms with Crippen molar-refractivity contribution in [3.05, 3.63) is 35.9 Å². The van der Waals surface area contributed by atoms with Gasteiger partial charge in [-0.3, -0.25) is 4.79 Å². The number of benzene rings is 1. The Kier molecular flexibility index (Phi) is 10.1. The Morgan fingerprint density at radius 2 is 1.88 bits per heavy atom. The third-order valence-corrected chi connectivity index (χ3v) is 4.80. The van der Waals surface area contributed by atoms with E-state index in [4.69, 9.17) is 5.73 Å². The number of carbonyl (C=O) groups excluding carboxylic acids is 2. The highest BCUT2D eigenvalue weighted by Crippen LogP contribution is 2.23. The lowest BCUT2D eigenvalue weighted by Gasteiger charge is -2.31. The molecular formula is C19H31ClN4O2. The van der Waals surface area contributed by atoms with Crippen LogP contribution in [-0.4, -0.2) is 43.0 Å². The zero-order valence-corrected chi connectivity index (χ0v) is 16.3. The first-order valence-corrected chi connectivity index (χ1v) is 9.12. The lowest BCUT2D eigenvalue weighted by molar-refractivity contribution is -0.122. The van der Waals surface area contributed by atoms with Gasteiger partial charge in [0, 0.05) is 32.6 Å². The lowest BCUT2D eigenvalue weighted by atomic mass is 9.84. The predicted molar refractivity (Wildman–Crippen MR) is 106 cm³/mol. The van der Waals surface area contributed by atoms with Gasteiger partial charge in [-0.15, -0.1) is 12.4 Å². The van der Waals surface area contributed by atoms with Crippen LogP contribution in [0.1, 0.15) is 37.7 Å². The van der Waals surface area contributed by atoms with E-state index in [9.17, 15) is 9.59 Å². The summed E-state index contributed by atoms with van der Waals surface area (Å²) in [4.78, 5) is 25.8. The summed E-state index contributed by atoms with van der Waals surface area (Å²) in [6.07, 6.45) is 4.71. The Hall–Kier alpha value is -1.79. The van der Waals surface area contributed by atoms with Gasteiger partial charge in [-0.1, -0.05) is 43.2 Å². The molecule has 1 aliphatic carbocycles. The van der Waals surface area contributed by atoms with Crippen molar-refractivity contribution in [1.29, 1.82) is 0 Å². The third kappa shape index (κ3) is 7.22. The lowest BCUT2D eigenvalue weighted by Crippen LogP contribution is -2.45. The van der Waals surface area contributed by atoms with Crippen LogP contribution in [0.4, 0.5) is 4.79 Å². The Balaban J connectivity index is 0.00000338. The van der Waals surface area contributed by atoms with Gasteiger partial charge in [0.1, 0.15) is 0 Å². The minimum atomic E-state index is -0.172. The molecule has 0 saturated heterocycles. The van der Waals surface area contributed by atoms with Gasteiger partial charge in [0.25, 0.3) is 0 Å². The van der Waals surface area contributed by atoms with Gasteiger partial charge in [0.15, 0.2) is 0 Å². The van der Waals surface area contributed by atoms with Crippen LogP contribution >= 0.6 is 12.4 Å². The molecule has 2 rings (SSSR count). The van der Waals surface area contributed by atoms with Crippen molar-refractivity contribution in [1.82, 2.24) is 15.5 Å². The fourth-order valence-corrected chi connectivity index (χ4v) is 3.31. The Labute approximate surface area is 162 Å². The molecule has 1 aliphatic rings. The van der Waals surface area contributed by atoms with Crippen molar-refractivity contribution < 1.29 is 9.59 Å². The predicted octanol–water partition coefficient (Wildman–Crippen LogP) is 2.27. The van der Waals surface area contributed by atoms with Crippen LogP contribution in [0, 0.1) is 5.92 Å². The molecule has 4 N–H and O–H groups in total. The highest BCUT2D eigenvalue weighted by Gasteiger charge is 2.25. The molecule has 0 bridgehead atoms. The molecule has 1 aromatic carbocycles. The molecule has 2 unspecified atom stereocenters. The first-order valence-electron chi connectivity index (χ1n) is 9.12. The summed E-state index contributed by atoms with van der Waals surface area (Å²) in [5, 5.41) is 5.88. The molecule has 26 heavy (non-hydrogen) atoms. The van der Waals surface area contributed by atoms with E-state index in [1.54, 1.807) is 11.9 Å². The molecule has 0 spiro atoms. The van der Waals surface area contributed by atoms with Crippen molar-refractivity contribution in [3.8, 4) is 0 Å². The number of hydrogen-bond acceptors (Lipinski definition) is 3. The molecule has 6 nitrogen and oxygen atoms in total. The number of carbonyl (C=O) groups is 2. The Bertz CT molecular complexity index is 556. The molecular weight excluding hydrogens is 352 g/mol. The van der Waals surface area contributed by atoms with E-state index < -0.39 is 0 Å². The van der Waals surface area contributed by atoms with E-state index in [2.05, 4.69) is 10.6 Å². The molecule has 146 valence electrons. The van der Waals surface area contributed by atoms with E-state index in [1.807, 2.05) is 30.3 Å². The molecule has 1 aromatic rings. The fraction of sp³-hybridized carbons (Fsp3) is 0.579. The normalized spacial score (nSPS) is 19.2. The van der Waals surface area contributed by atoms with Crippen molar-refractivity contribution in [2.45, 2.75) is 44.7 Å². The number of nitrogens with two attached hydrogens (primary N) is 1. The molecule has 0 radical (unpaired) electrons. The minimum Gasteiger partial charge on any atom is -0.353 e. The number of urea groups is 1. The third-order valence-electron chi connectivity index (χ3n) is 4.80. The number of nitrogens with one attached hydrogen (secondary N) is 2. The number of nitrogens with zero attached hydrogens (tertiary/aromatic N) is 1. The second-order valence-corrected chi connectivity index (χ2v) is 6.78. The van der Waals surface area contributed by atoms with Gasteiger partial charge >= 0.3 is 6.03 Å². The van der Waals surface area contributed by atoms with E-state index in [0.717, 1.165) is 24.8 Å². The molecule has 1 saturated carbocycles. The summed E-state index contributed by atoms with van der Waals surface area (Å²) in [5.41, 5.74) is 6.86. The van der Waals surface area contributed by atoms with E-state index in [1.165, 1.54) is 6.42 Å². The number of rotatable bonds is 7.